The Morgan fingerprint density at radius 2 is 1.84 bits per heavy atom. The third-order valence-electron chi connectivity index (χ3n) is 2.42. The predicted molar refractivity (Wildman–Crippen MR) is 71.4 cm³/mol. The Hall–Kier alpha value is -2.56. The number of ether oxygens (including phenoxy) is 1. The SMILES string of the molecule is Nc1ccccc1NC(=O)COc1ccc(F)cc1. The van der Waals surface area contributed by atoms with Gasteiger partial charge in [-0.3, -0.25) is 4.79 Å². The van der Waals surface area contributed by atoms with Gasteiger partial charge in [0.25, 0.3) is 5.91 Å². The van der Waals surface area contributed by atoms with Crippen molar-refractivity contribution in [1.82, 2.24) is 0 Å². The number of hydrogen-bond donors (Lipinski definition) is 2. The van der Waals surface area contributed by atoms with Crippen LogP contribution in [0.4, 0.5) is 15.8 Å². The summed E-state index contributed by atoms with van der Waals surface area (Å²) >= 11 is 0. The monoisotopic (exact) mass is 260 g/mol. The molecule has 0 aliphatic heterocycles. The van der Waals surface area contributed by atoms with E-state index in [4.69, 9.17) is 10.5 Å². The number of amides is 1. The normalized spacial score (nSPS) is 9.95. The molecule has 0 fully saturated rings. The van der Waals surface area contributed by atoms with Crippen LogP contribution in [-0.4, -0.2) is 12.5 Å². The number of nitrogens with one attached hydrogen (secondary N) is 1. The number of anilines is 2. The molecule has 0 aromatic heterocycles. The van der Waals surface area contributed by atoms with Gasteiger partial charge >= 0.3 is 0 Å². The van der Waals surface area contributed by atoms with Gasteiger partial charge in [0.1, 0.15) is 11.6 Å². The van der Waals surface area contributed by atoms with Crippen LogP contribution >= 0.6 is 0 Å². The number of nitrogens with two attached hydrogens (primary N) is 1. The van der Waals surface area contributed by atoms with E-state index in [1.807, 2.05) is 0 Å². The van der Waals surface area contributed by atoms with Crippen molar-refractivity contribution in [1.29, 1.82) is 0 Å². The molecule has 98 valence electrons. The summed E-state index contributed by atoms with van der Waals surface area (Å²) in [7, 11) is 0. The van der Waals surface area contributed by atoms with Crippen LogP contribution in [0.5, 0.6) is 5.75 Å². The minimum Gasteiger partial charge on any atom is -0.484 e. The Bertz CT molecular complexity index is 570. The highest BCUT2D eigenvalue weighted by molar-refractivity contribution is 5.94. The Balaban J connectivity index is 1.88. The average Bonchev–Trinajstić information content (AvgIpc) is 2.41. The largest absolute Gasteiger partial charge is 0.484 e. The van der Waals surface area contributed by atoms with E-state index in [-0.39, 0.29) is 18.3 Å². The van der Waals surface area contributed by atoms with Crippen molar-refractivity contribution in [2.75, 3.05) is 17.7 Å². The molecule has 0 spiro atoms. The Kier molecular flexibility index (Phi) is 3.97. The fourth-order valence-corrected chi connectivity index (χ4v) is 1.48. The summed E-state index contributed by atoms with van der Waals surface area (Å²) in [6, 6.07) is 12.4. The lowest BCUT2D eigenvalue weighted by Crippen LogP contribution is -2.20. The first-order valence-electron chi connectivity index (χ1n) is 5.68. The van der Waals surface area contributed by atoms with Gasteiger partial charge in [-0.15, -0.1) is 0 Å². The van der Waals surface area contributed by atoms with Crippen LogP contribution in [0.3, 0.4) is 0 Å². The molecule has 2 rings (SSSR count). The van der Waals surface area contributed by atoms with E-state index in [1.165, 1.54) is 24.3 Å². The summed E-state index contributed by atoms with van der Waals surface area (Å²) in [5, 5.41) is 2.63. The van der Waals surface area contributed by atoms with E-state index in [0.717, 1.165) is 0 Å². The maximum absolute atomic E-state index is 12.7. The molecule has 0 bridgehead atoms. The van der Waals surface area contributed by atoms with Crippen molar-refractivity contribution in [2.24, 2.45) is 0 Å². The standard InChI is InChI=1S/C14H13FN2O2/c15-10-5-7-11(8-6-10)19-9-14(18)17-13-4-2-1-3-12(13)16/h1-8H,9,16H2,(H,17,18). The Morgan fingerprint density at radius 3 is 2.53 bits per heavy atom. The van der Waals surface area contributed by atoms with Gasteiger partial charge in [0.15, 0.2) is 6.61 Å². The van der Waals surface area contributed by atoms with E-state index in [2.05, 4.69) is 5.32 Å². The smallest absolute Gasteiger partial charge is 0.262 e. The van der Waals surface area contributed by atoms with Crippen molar-refractivity contribution in [3.8, 4) is 5.75 Å². The molecular weight excluding hydrogens is 247 g/mol. The van der Waals surface area contributed by atoms with Crippen molar-refractivity contribution >= 4 is 17.3 Å². The molecule has 0 unspecified atom stereocenters. The summed E-state index contributed by atoms with van der Waals surface area (Å²) in [6.45, 7) is -0.167. The zero-order chi connectivity index (χ0) is 13.7. The van der Waals surface area contributed by atoms with Crippen molar-refractivity contribution in [3.63, 3.8) is 0 Å². The fraction of sp³-hybridized carbons (Fsp3) is 0.0714. The molecule has 3 N–H and O–H groups in total. The summed E-state index contributed by atoms with van der Waals surface area (Å²) < 4.78 is 17.9. The first kappa shape index (κ1) is 12.9. The van der Waals surface area contributed by atoms with E-state index in [0.29, 0.717) is 17.1 Å². The highest BCUT2D eigenvalue weighted by Gasteiger charge is 2.05. The fourth-order valence-electron chi connectivity index (χ4n) is 1.48. The van der Waals surface area contributed by atoms with Gasteiger partial charge in [-0.1, -0.05) is 12.1 Å². The van der Waals surface area contributed by atoms with Gasteiger partial charge in [0.2, 0.25) is 0 Å². The molecule has 0 heterocycles. The first-order chi connectivity index (χ1) is 9.15. The zero-order valence-corrected chi connectivity index (χ0v) is 10.1. The zero-order valence-electron chi connectivity index (χ0n) is 10.1. The molecule has 19 heavy (non-hydrogen) atoms. The second kappa shape index (κ2) is 5.86. The first-order valence-corrected chi connectivity index (χ1v) is 5.68. The maximum atomic E-state index is 12.7. The second-order valence-corrected chi connectivity index (χ2v) is 3.88. The van der Waals surface area contributed by atoms with Crippen LogP contribution in [0, 0.1) is 5.82 Å². The van der Waals surface area contributed by atoms with Gasteiger partial charge in [-0.25, -0.2) is 4.39 Å². The van der Waals surface area contributed by atoms with Crippen LogP contribution in [0.2, 0.25) is 0 Å². The molecule has 2 aromatic carbocycles. The molecule has 1 amide bonds. The number of carbonyl (C=O) groups excluding carboxylic acids is 1. The van der Waals surface area contributed by atoms with E-state index in [1.54, 1.807) is 24.3 Å². The number of nitrogen functional groups attached to an aromatic ring is 1. The molecule has 0 aliphatic rings. The van der Waals surface area contributed by atoms with Gasteiger partial charge in [0.05, 0.1) is 11.4 Å². The number of hydrogen-bond acceptors (Lipinski definition) is 3. The molecule has 4 nitrogen and oxygen atoms in total. The predicted octanol–water partition coefficient (Wildman–Crippen LogP) is 2.43. The molecule has 2 aromatic rings. The molecular formula is C14H13FN2O2. The van der Waals surface area contributed by atoms with Crippen LogP contribution in [-0.2, 0) is 4.79 Å². The van der Waals surface area contributed by atoms with Crippen LogP contribution < -0.4 is 15.8 Å². The average molecular weight is 260 g/mol. The molecule has 0 atom stereocenters. The second-order valence-electron chi connectivity index (χ2n) is 3.88. The minimum atomic E-state index is -0.353. The summed E-state index contributed by atoms with van der Waals surface area (Å²) in [6.07, 6.45) is 0. The van der Waals surface area contributed by atoms with Crippen LogP contribution in [0.25, 0.3) is 0 Å². The number of halogens is 1. The molecule has 0 radical (unpaired) electrons. The van der Waals surface area contributed by atoms with Crippen molar-refractivity contribution < 1.29 is 13.9 Å². The summed E-state index contributed by atoms with van der Waals surface area (Å²) in [5.74, 6) is -0.256. The molecule has 5 heteroatoms. The van der Waals surface area contributed by atoms with Gasteiger partial charge in [-0.05, 0) is 36.4 Å². The number of rotatable bonds is 4. The van der Waals surface area contributed by atoms with Crippen LogP contribution in [0.15, 0.2) is 48.5 Å². The van der Waals surface area contributed by atoms with Gasteiger partial charge in [0, 0.05) is 0 Å². The molecule has 0 saturated carbocycles. The maximum Gasteiger partial charge on any atom is 0.262 e. The van der Waals surface area contributed by atoms with Crippen LogP contribution in [0.1, 0.15) is 0 Å². The topological polar surface area (TPSA) is 64.3 Å². The molecule has 0 saturated heterocycles. The van der Waals surface area contributed by atoms with E-state index < -0.39 is 0 Å². The lowest BCUT2D eigenvalue weighted by atomic mass is 10.3. The minimum absolute atomic E-state index is 0.167. The van der Waals surface area contributed by atoms with Crippen molar-refractivity contribution in [2.45, 2.75) is 0 Å². The lowest BCUT2D eigenvalue weighted by Gasteiger charge is -2.09. The lowest BCUT2D eigenvalue weighted by molar-refractivity contribution is -0.118. The number of benzene rings is 2. The number of para-hydroxylation sites is 2. The van der Waals surface area contributed by atoms with Gasteiger partial charge in [-0.2, -0.15) is 0 Å². The third-order valence-corrected chi connectivity index (χ3v) is 2.42. The highest BCUT2D eigenvalue weighted by Crippen LogP contribution is 2.16. The Labute approximate surface area is 110 Å². The quantitative estimate of drug-likeness (QED) is 0.830. The highest BCUT2D eigenvalue weighted by atomic mass is 19.1. The van der Waals surface area contributed by atoms with Gasteiger partial charge < -0.3 is 15.8 Å². The number of carbonyl (C=O) groups is 1. The van der Waals surface area contributed by atoms with E-state index >= 15 is 0 Å². The third kappa shape index (κ3) is 3.70. The summed E-state index contributed by atoms with van der Waals surface area (Å²) in [5.41, 5.74) is 6.72. The van der Waals surface area contributed by atoms with Crippen molar-refractivity contribution in [3.05, 3.63) is 54.3 Å². The Morgan fingerprint density at radius 1 is 1.16 bits per heavy atom. The van der Waals surface area contributed by atoms with E-state index in [9.17, 15) is 9.18 Å². The summed E-state index contributed by atoms with van der Waals surface area (Å²) in [4.78, 5) is 11.6. The molecule has 0 aliphatic carbocycles.